The van der Waals surface area contributed by atoms with Gasteiger partial charge in [0.25, 0.3) is 0 Å². The maximum atomic E-state index is 5.26. The van der Waals surface area contributed by atoms with Crippen molar-refractivity contribution in [2.75, 3.05) is 14.1 Å². The van der Waals surface area contributed by atoms with Gasteiger partial charge in [-0.1, -0.05) is 56.9 Å². The molecular weight excluding hydrogens is 234 g/mol. The molecule has 0 fully saturated rings. The lowest BCUT2D eigenvalue weighted by Crippen LogP contribution is -2.15. The van der Waals surface area contributed by atoms with Crippen LogP contribution < -0.4 is 0 Å². The lowest BCUT2D eigenvalue weighted by molar-refractivity contribution is 0.590. The quantitative estimate of drug-likeness (QED) is 0.551. The van der Waals surface area contributed by atoms with Crippen LogP contribution in [0.4, 0.5) is 0 Å². The van der Waals surface area contributed by atoms with E-state index in [9.17, 15) is 0 Å². The minimum Gasteiger partial charge on any atom is -0.363 e. The Morgan fingerprint density at radius 3 is 2.00 bits per heavy atom. The minimum absolute atomic E-state index is 0.214. The maximum absolute atomic E-state index is 5.26. The third-order valence-electron chi connectivity index (χ3n) is 2.29. The van der Waals surface area contributed by atoms with Gasteiger partial charge < -0.3 is 4.90 Å². The average Bonchev–Trinajstić information content (AvgIpc) is 2.17. The van der Waals surface area contributed by atoms with Gasteiger partial charge in [0.1, 0.15) is 4.32 Å². The van der Waals surface area contributed by atoms with E-state index in [-0.39, 0.29) is 5.41 Å². The predicted molar refractivity (Wildman–Crippen MR) is 77.3 cm³/mol. The van der Waals surface area contributed by atoms with Crippen molar-refractivity contribution in [3.05, 3.63) is 29.8 Å². The first-order valence-electron chi connectivity index (χ1n) is 5.30. The fraction of sp³-hybridized carbons (Fsp3) is 0.462. The molecule has 0 saturated heterocycles. The Morgan fingerprint density at radius 2 is 1.62 bits per heavy atom. The van der Waals surface area contributed by atoms with Crippen molar-refractivity contribution in [3.8, 4) is 0 Å². The first-order chi connectivity index (χ1) is 7.30. The van der Waals surface area contributed by atoms with Crippen LogP contribution in [0.15, 0.2) is 29.2 Å². The summed E-state index contributed by atoms with van der Waals surface area (Å²) in [5.74, 6) is 0. The summed E-state index contributed by atoms with van der Waals surface area (Å²) in [5.41, 5.74) is 1.57. The van der Waals surface area contributed by atoms with Crippen LogP contribution in [0.25, 0.3) is 0 Å². The van der Waals surface area contributed by atoms with Gasteiger partial charge in [0, 0.05) is 19.0 Å². The molecule has 0 atom stereocenters. The molecule has 88 valence electrons. The molecule has 16 heavy (non-hydrogen) atoms. The Hall–Kier alpha value is -0.540. The van der Waals surface area contributed by atoms with Crippen LogP contribution in [-0.2, 0) is 5.41 Å². The Morgan fingerprint density at radius 1 is 1.12 bits per heavy atom. The highest BCUT2D eigenvalue weighted by atomic mass is 32.2. The molecule has 0 spiro atoms. The van der Waals surface area contributed by atoms with E-state index in [4.69, 9.17) is 12.2 Å². The number of thiocarbonyl (C=S) groups is 1. The van der Waals surface area contributed by atoms with Crippen molar-refractivity contribution >= 4 is 28.3 Å². The van der Waals surface area contributed by atoms with Crippen molar-refractivity contribution < 1.29 is 0 Å². The normalized spacial score (nSPS) is 11.3. The fourth-order valence-electron chi connectivity index (χ4n) is 1.22. The number of hydrogen-bond donors (Lipinski definition) is 0. The molecule has 0 unspecified atom stereocenters. The molecule has 0 aromatic heterocycles. The van der Waals surface area contributed by atoms with Crippen molar-refractivity contribution in [2.45, 2.75) is 31.1 Å². The van der Waals surface area contributed by atoms with Gasteiger partial charge in [0.05, 0.1) is 0 Å². The first-order valence-corrected chi connectivity index (χ1v) is 6.53. The van der Waals surface area contributed by atoms with Crippen LogP contribution in [0.5, 0.6) is 0 Å². The van der Waals surface area contributed by atoms with E-state index in [2.05, 4.69) is 45.0 Å². The summed E-state index contributed by atoms with van der Waals surface area (Å²) in [7, 11) is 3.94. The summed E-state index contributed by atoms with van der Waals surface area (Å²) in [4.78, 5) is 3.16. The smallest absolute Gasteiger partial charge is 0.140 e. The molecule has 0 saturated carbocycles. The lowest BCUT2D eigenvalue weighted by Gasteiger charge is -2.19. The highest BCUT2D eigenvalue weighted by Crippen LogP contribution is 2.26. The van der Waals surface area contributed by atoms with Gasteiger partial charge >= 0.3 is 0 Å². The van der Waals surface area contributed by atoms with Gasteiger partial charge in [-0.25, -0.2) is 0 Å². The topological polar surface area (TPSA) is 3.24 Å². The van der Waals surface area contributed by atoms with Crippen LogP contribution in [0, 0.1) is 0 Å². The fourth-order valence-corrected chi connectivity index (χ4v) is 2.16. The van der Waals surface area contributed by atoms with Crippen molar-refractivity contribution in [1.82, 2.24) is 4.90 Å². The second-order valence-corrected chi connectivity index (χ2v) is 6.74. The van der Waals surface area contributed by atoms with Gasteiger partial charge in [-0.15, -0.1) is 0 Å². The van der Waals surface area contributed by atoms with Gasteiger partial charge in [0.2, 0.25) is 0 Å². The molecule has 1 nitrogen and oxygen atoms in total. The Labute approximate surface area is 108 Å². The molecule has 0 N–H and O–H groups in total. The highest BCUT2D eigenvalue weighted by molar-refractivity contribution is 8.22. The number of nitrogens with zero attached hydrogens (tertiary/aromatic N) is 1. The molecular formula is C13H19NS2. The average molecular weight is 253 g/mol. The number of rotatable bonds is 1. The molecule has 1 aromatic rings. The zero-order valence-corrected chi connectivity index (χ0v) is 12.2. The molecule has 0 aliphatic carbocycles. The summed E-state index contributed by atoms with van der Waals surface area (Å²) in [6, 6.07) is 8.64. The van der Waals surface area contributed by atoms with Gasteiger partial charge in [-0.2, -0.15) is 0 Å². The Balaban J connectivity index is 2.76. The zero-order chi connectivity index (χ0) is 12.3. The van der Waals surface area contributed by atoms with Crippen LogP contribution in [0.2, 0.25) is 0 Å². The van der Waals surface area contributed by atoms with E-state index >= 15 is 0 Å². The summed E-state index contributed by atoms with van der Waals surface area (Å²) in [6.07, 6.45) is 0. The standard InChI is InChI=1S/C13H19NS2/c1-13(2,3)10-6-8-11(9-7-10)16-12(15)14(4)5/h6-9H,1-5H3. The monoisotopic (exact) mass is 253 g/mol. The molecule has 1 aromatic carbocycles. The predicted octanol–water partition coefficient (Wildman–Crippen LogP) is 3.92. The zero-order valence-electron chi connectivity index (χ0n) is 10.6. The summed E-state index contributed by atoms with van der Waals surface area (Å²) >= 11 is 6.88. The highest BCUT2D eigenvalue weighted by Gasteiger charge is 2.13. The van der Waals surface area contributed by atoms with E-state index in [0.29, 0.717) is 0 Å². The minimum atomic E-state index is 0.214. The Bertz CT molecular complexity index is 361. The summed E-state index contributed by atoms with van der Waals surface area (Å²) < 4.78 is 0.892. The second-order valence-electron chi connectivity index (χ2n) is 5.04. The molecule has 0 aliphatic heterocycles. The third-order valence-corrected chi connectivity index (χ3v) is 3.95. The Kier molecular flexibility index (Phi) is 4.39. The van der Waals surface area contributed by atoms with Crippen LogP contribution in [0.1, 0.15) is 26.3 Å². The van der Waals surface area contributed by atoms with Crippen LogP contribution >= 0.6 is 24.0 Å². The van der Waals surface area contributed by atoms with E-state index < -0.39 is 0 Å². The molecule has 0 aliphatic rings. The van der Waals surface area contributed by atoms with Crippen LogP contribution in [0.3, 0.4) is 0 Å². The second kappa shape index (κ2) is 5.19. The lowest BCUT2D eigenvalue weighted by atomic mass is 9.87. The van der Waals surface area contributed by atoms with E-state index in [0.717, 1.165) is 4.32 Å². The third kappa shape index (κ3) is 3.80. The molecule has 0 amide bonds. The molecule has 0 heterocycles. The first kappa shape index (κ1) is 13.5. The molecule has 0 bridgehead atoms. The van der Waals surface area contributed by atoms with Gasteiger partial charge in [0.15, 0.2) is 0 Å². The number of benzene rings is 1. The molecule has 0 radical (unpaired) electrons. The van der Waals surface area contributed by atoms with Crippen LogP contribution in [-0.4, -0.2) is 23.3 Å². The van der Waals surface area contributed by atoms with Crippen molar-refractivity contribution in [3.63, 3.8) is 0 Å². The molecule has 3 heteroatoms. The van der Waals surface area contributed by atoms with E-state index in [1.54, 1.807) is 11.8 Å². The summed E-state index contributed by atoms with van der Waals surface area (Å²) in [5, 5.41) is 0. The van der Waals surface area contributed by atoms with Gasteiger partial charge in [-0.05, 0) is 23.1 Å². The van der Waals surface area contributed by atoms with Gasteiger partial charge in [-0.3, -0.25) is 0 Å². The number of thioether (sulfide) groups is 1. The summed E-state index contributed by atoms with van der Waals surface area (Å²) in [6.45, 7) is 6.67. The number of hydrogen-bond acceptors (Lipinski definition) is 2. The van der Waals surface area contributed by atoms with Crippen molar-refractivity contribution in [2.24, 2.45) is 0 Å². The SMILES string of the molecule is CN(C)C(=S)Sc1ccc(C(C)(C)C)cc1. The van der Waals surface area contributed by atoms with E-state index in [1.807, 2.05) is 19.0 Å². The van der Waals surface area contributed by atoms with Crippen molar-refractivity contribution in [1.29, 1.82) is 0 Å². The maximum Gasteiger partial charge on any atom is 0.140 e. The largest absolute Gasteiger partial charge is 0.363 e. The van der Waals surface area contributed by atoms with E-state index in [1.165, 1.54) is 10.5 Å². The molecule has 1 rings (SSSR count).